The first-order chi connectivity index (χ1) is 9.61. The van der Waals surface area contributed by atoms with Crippen LogP contribution in [0.3, 0.4) is 0 Å². The van der Waals surface area contributed by atoms with Crippen LogP contribution >= 0.6 is 35.2 Å². The van der Waals surface area contributed by atoms with E-state index in [0.717, 1.165) is 16.2 Å². The van der Waals surface area contributed by atoms with Crippen molar-refractivity contribution in [3.05, 3.63) is 17.2 Å². The Morgan fingerprint density at radius 1 is 1.45 bits per heavy atom. The monoisotopic (exact) mass is 334 g/mol. The van der Waals surface area contributed by atoms with Gasteiger partial charge in [0.05, 0.1) is 28.9 Å². The number of hydrogen-bond acceptors (Lipinski definition) is 9. The van der Waals surface area contributed by atoms with Crippen molar-refractivity contribution in [2.75, 3.05) is 12.9 Å². The third-order valence-electron chi connectivity index (χ3n) is 2.04. The molecule has 1 heterocycles. The Labute approximate surface area is 126 Å². The quantitative estimate of drug-likeness (QED) is 0.479. The fraction of sp³-hybridized carbons (Fsp3) is 0.200. The molecule has 106 valence electrons. The summed E-state index contributed by atoms with van der Waals surface area (Å²) in [4.78, 5) is 22.3. The number of halogens is 1. The molecule has 0 atom stereocenters. The van der Waals surface area contributed by atoms with E-state index in [9.17, 15) is 9.59 Å². The molecule has 0 amide bonds. The maximum atomic E-state index is 11.5. The van der Waals surface area contributed by atoms with Gasteiger partial charge in [-0.05, 0) is 23.7 Å². The highest BCUT2D eigenvalue weighted by molar-refractivity contribution is 7.95. The molecule has 0 spiro atoms. The van der Waals surface area contributed by atoms with E-state index in [1.165, 1.54) is 7.11 Å². The molecule has 1 aromatic heterocycles. The second-order valence-electron chi connectivity index (χ2n) is 3.27. The molecule has 0 fully saturated rings. The molecule has 1 aromatic carbocycles. The van der Waals surface area contributed by atoms with E-state index in [1.807, 2.05) is 0 Å². The van der Waals surface area contributed by atoms with Crippen molar-refractivity contribution >= 4 is 57.5 Å². The lowest BCUT2D eigenvalue weighted by molar-refractivity contribution is -0.137. The van der Waals surface area contributed by atoms with Gasteiger partial charge >= 0.3 is 12.1 Å². The van der Waals surface area contributed by atoms with Crippen molar-refractivity contribution in [3.63, 3.8) is 0 Å². The molecule has 2 aromatic rings. The molecular formula is C10H7ClN2O5S2. The Kier molecular flexibility index (Phi) is 4.99. The number of hydrogen-bond donors (Lipinski definition) is 0. The molecule has 0 saturated heterocycles. The molecular weight excluding hydrogens is 328 g/mol. The van der Waals surface area contributed by atoms with Crippen LogP contribution in [0.4, 0.5) is 4.79 Å². The smallest absolute Gasteiger partial charge is 0.468 e. The third-order valence-corrected chi connectivity index (χ3v) is 3.64. The van der Waals surface area contributed by atoms with Gasteiger partial charge in [0.15, 0.2) is 5.75 Å². The first-order valence-electron chi connectivity index (χ1n) is 5.10. The number of esters is 1. The molecule has 0 aliphatic carbocycles. The zero-order chi connectivity index (χ0) is 14.5. The Morgan fingerprint density at radius 2 is 2.25 bits per heavy atom. The van der Waals surface area contributed by atoms with Crippen molar-refractivity contribution < 1.29 is 23.2 Å². The van der Waals surface area contributed by atoms with Gasteiger partial charge in [0.1, 0.15) is 11.3 Å². The van der Waals surface area contributed by atoms with Crippen LogP contribution in [0.25, 0.3) is 10.2 Å². The normalized spacial score (nSPS) is 10.3. The van der Waals surface area contributed by atoms with Crippen LogP contribution in [-0.4, -0.2) is 34.6 Å². The SMILES string of the molecule is COC(=O)CSOC(=O)Oc1c(Cl)ccc2snnc12. The van der Waals surface area contributed by atoms with Crippen molar-refractivity contribution in [1.29, 1.82) is 0 Å². The Morgan fingerprint density at radius 3 is 3.00 bits per heavy atom. The van der Waals surface area contributed by atoms with Gasteiger partial charge < -0.3 is 13.7 Å². The summed E-state index contributed by atoms with van der Waals surface area (Å²) < 4.78 is 18.5. The average Bonchev–Trinajstić information content (AvgIpc) is 2.90. The predicted octanol–water partition coefficient (Wildman–Crippen LogP) is 2.68. The fourth-order valence-corrected chi connectivity index (χ4v) is 2.34. The van der Waals surface area contributed by atoms with E-state index < -0.39 is 12.1 Å². The number of nitrogens with zero attached hydrogens (tertiary/aromatic N) is 2. The topological polar surface area (TPSA) is 87.6 Å². The second kappa shape index (κ2) is 6.73. The summed E-state index contributed by atoms with van der Waals surface area (Å²) in [6.45, 7) is 0. The van der Waals surface area contributed by atoms with E-state index in [1.54, 1.807) is 12.1 Å². The number of ether oxygens (including phenoxy) is 2. The van der Waals surface area contributed by atoms with E-state index in [4.69, 9.17) is 16.3 Å². The standard InChI is InChI=1S/C10H7ClN2O5S2/c1-16-7(14)4-19-18-10(15)17-9-5(11)2-3-6-8(9)12-13-20-6/h2-3H,4H2,1H3. The summed E-state index contributed by atoms with van der Waals surface area (Å²) in [5, 5.41) is 4.03. The van der Waals surface area contributed by atoms with Gasteiger partial charge in [-0.25, -0.2) is 4.79 Å². The number of carbonyl (C=O) groups is 2. The summed E-state index contributed by atoms with van der Waals surface area (Å²) in [7, 11) is 1.23. The minimum atomic E-state index is -1.01. The number of benzene rings is 1. The van der Waals surface area contributed by atoms with Gasteiger partial charge in [-0.15, -0.1) is 5.10 Å². The first-order valence-corrected chi connectivity index (χ1v) is 7.16. The summed E-state index contributed by atoms with van der Waals surface area (Å²) in [6, 6.07) is 3.28. The van der Waals surface area contributed by atoms with Crippen molar-refractivity contribution in [1.82, 2.24) is 9.59 Å². The zero-order valence-electron chi connectivity index (χ0n) is 9.99. The van der Waals surface area contributed by atoms with Crippen LogP contribution in [-0.2, 0) is 13.7 Å². The summed E-state index contributed by atoms with van der Waals surface area (Å²) in [5.41, 5.74) is 0.373. The maximum Gasteiger partial charge on any atom is 0.526 e. The van der Waals surface area contributed by atoms with E-state index >= 15 is 0 Å². The molecule has 0 saturated carbocycles. The van der Waals surface area contributed by atoms with E-state index in [2.05, 4.69) is 18.5 Å². The van der Waals surface area contributed by atoms with Crippen molar-refractivity contribution in [2.24, 2.45) is 0 Å². The predicted molar refractivity (Wildman–Crippen MR) is 74.0 cm³/mol. The molecule has 0 bridgehead atoms. The number of rotatable bonds is 4. The molecule has 7 nitrogen and oxygen atoms in total. The number of carbonyl (C=O) groups excluding carboxylic acids is 2. The first kappa shape index (κ1) is 14.8. The van der Waals surface area contributed by atoms with Crippen LogP contribution in [0, 0.1) is 0 Å². The highest BCUT2D eigenvalue weighted by atomic mass is 35.5. The number of aromatic nitrogens is 2. The highest BCUT2D eigenvalue weighted by Crippen LogP contribution is 2.33. The largest absolute Gasteiger partial charge is 0.526 e. The highest BCUT2D eigenvalue weighted by Gasteiger charge is 2.17. The van der Waals surface area contributed by atoms with Crippen LogP contribution < -0.4 is 4.74 Å². The fourth-order valence-electron chi connectivity index (χ4n) is 1.18. The molecule has 0 aliphatic rings. The van der Waals surface area contributed by atoms with Gasteiger partial charge in [0.2, 0.25) is 0 Å². The molecule has 0 aliphatic heterocycles. The summed E-state index contributed by atoms with van der Waals surface area (Å²) in [6.07, 6.45) is -1.01. The number of fused-ring (bicyclic) bond motifs is 1. The molecule has 0 N–H and O–H groups in total. The van der Waals surface area contributed by atoms with Gasteiger partial charge in [0, 0.05) is 0 Å². The van der Waals surface area contributed by atoms with Gasteiger partial charge in [-0.3, -0.25) is 4.79 Å². The number of methoxy groups -OCH3 is 1. The lowest BCUT2D eigenvalue weighted by Gasteiger charge is -2.05. The van der Waals surface area contributed by atoms with Crippen LogP contribution in [0.15, 0.2) is 12.1 Å². The minimum absolute atomic E-state index is 0.0709. The Hall–Kier alpha value is -1.58. The van der Waals surface area contributed by atoms with Crippen LogP contribution in [0.1, 0.15) is 0 Å². The lowest BCUT2D eigenvalue weighted by atomic mass is 10.3. The molecule has 10 heteroatoms. The van der Waals surface area contributed by atoms with Gasteiger partial charge in [0.25, 0.3) is 0 Å². The molecule has 20 heavy (non-hydrogen) atoms. The van der Waals surface area contributed by atoms with Crippen LogP contribution in [0.5, 0.6) is 5.75 Å². The summed E-state index contributed by atoms with van der Waals surface area (Å²) >= 11 is 7.68. The molecule has 2 rings (SSSR count). The Bertz CT molecular complexity index is 648. The zero-order valence-corrected chi connectivity index (χ0v) is 12.4. The van der Waals surface area contributed by atoms with Crippen molar-refractivity contribution in [2.45, 2.75) is 0 Å². The average molecular weight is 335 g/mol. The minimum Gasteiger partial charge on any atom is -0.468 e. The van der Waals surface area contributed by atoms with Crippen molar-refractivity contribution in [3.8, 4) is 5.75 Å². The lowest BCUT2D eigenvalue weighted by Crippen LogP contribution is -2.10. The Balaban J connectivity index is 2.01. The van der Waals surface area contributed by atoms with E-state index in [0.29, 0.717) is 17.6 Å². The molecule has 0 unspecified atom stereocenters. The van der Waals surface area contributed by atoms with E-state index in [-0.39, 0.29) is 16.5 Å². The van der Waals surface area contributed by atoms with Gasteiger partial charge in [-0.1, -0.05) is 16.1 Å². The molecule has 0 radical (unpaired) electrons. The van der Waals surface area contributed by atoms with Crippen LogP contribution in [0.2, 0.25) is 5.02 Å². The third kappa shape index (κ3) is 3.50. The summed E-state index contributed by atoms with van der Waals surface area (Å²) in [5.74, 6) is -0.588. The van der Waals surface area contributed by atoms with Gasteiger partial charge in [-0.2, -0.15) is 0 Å². The second-order valence-corrected chi connectivity index (χ2v) is 5.15. The maximum absolute atomic E-state index is 11.5.